The molecule has 2 amide bonds. The molecule has 2 aromatic carbocycles. The number of nitrogens with zero attached hydrogens (tertiary/aromatic N) is 2. The fourth-order valence-corrected chi connectivity index (χ4v) is 3.90. The average Bonchev–Trinajstić information content (AvgIpc) is 2.72. The molecule has 0 radical (unpaired) electrons. The van der Waals surface area contributed by atoms with Crippen LogP contribution in [-0.2, 0) is 0 Å². The largest absolute Gasteiger partial charge is 0.322 e. The van der Waals surface area contributed by atoms with Crippen molar-refractivity contribution in [3.8, 4) is 0 Å². The second-order valence-electron chi connectivity index (χ2n) is 7.04. The van der Waals surface area contributed by atoms with Gasteiger partial charge in [-0.15, -0.1) is 0 Å². The summed E-state index contributed by atoms with van der Waals surface area (Å²) < 4.78 is 0. The van der Waals surface area contributed by atoms with Gasteiger partial charge in [0.2, 0.25) is 0 Å². The van der Waals surface area contributed by atoms with Gasteiger partial charge < -0.3 is 15.1 Å². The van der Waals surface area contributed by atoms with Crippen LogP contribution in [0.25, 0.3) is 5.70 Å². The van der Waals surface area contributed by atoms with Gasteiger partial charge in [-0.1, -0.05) is 67.9 Å². The Morgan fingerprint density at radius 1 is 1.04 bits per heavy atom. The molecule has 0 bridgehead atoms. The van der Waals surface area contributed by atoms with Crippen LogP contribution >= 0.6 is 11.6 Å². The van der Waals surface area contributed by atoms with Crippen LogP contribution in [0.4, 0.5) is 4.79 Å². The van der Waals surface area contributed by atoms with Crippen molar-refractivity contribution in [2.24, 2.45) is 0 Å². The Kier molecular flexibility index (Phi) is 6.76. The SMILES string of the molecule is CCN(CC)CCC1=C(c2ccccc2)NC(=O)N(C)C1c1ccc(Cl)cc1. The average molecular weight is 398 g/mol. The van der Waals surface area contributed by atoms with E-state index in [9.17, 15) is 4.79 Å². The van der Waals surface area contributed by atoms with Gasteiger partial charge in [0.1, 0.15) is 0 Å². The van der Waals surface area contributed by atoms with Crippen molar-refractivity contribution in [1.29, 1.82) is 0 Å². The smallest absolute Gasteiger partial charge is 0.317 e. The predicted octanol–water partition coefficient (Wildman–Crippen LogP) is 5.18. The molecule has 0 fully saturated rings. The first-order valence-electron chi connectivity index (χ1n) is 9.85. The van der Waals surface area contributed by atoms with Gasteiger partial charge in [0.25, 0.3) is 0 Å². The molecule has 1 aliphatic heterocycles. The molecule has 2 aromatic rings. The zero-order valence-electron chi connectivity index (χ0n) is 16.8. The number of hydrogen-bond donors (Lipinski definition) is 1. The third kappa shape index (κ3) is 4.40. The molecule has 0 spiro atoms. The quantitative estimate of drug-likeness (QED) is 0.698. The highest BCUT2D eigenvalue weighted by Crippen LogP contribution is 2.38. The lowest BCUT2D eigenvalue weighted by atomic mass is 9.89. The fraction of sp³-hybridized carbons (Fsp3) is 0.348. The van der Waals surface area contributed by atoms with Gasteiger partial charge in [0.05, 0.1) is 11.7 Å². The maximum atomic E-state index is 12.8. The third-order valence-electron chi connectivity index (χ3n) is 5.43. The number of nitrogens with one attached hydrogen (secondary N) is 1. The summed E-state index contributed by atoms with van der Waals surface area (Å²) in [7, 11) is 1.85. The van der Waals surface area contributed by atoms with E-state index >= 15 is 0 Å². The third-order valence-corrected chi connectivity index (χ3v) is 5.68. The molecule has 0 aromatic heterocycles. The summed E-state index contributed by atoms with van der Waals surface area (Å²) in [4.78, 5) is 17.0. The molecule has 0 aliphatic carbocycles. The van der Waals surface area contributed by atoms with Gasteiger partial charge in [0, 0.05) is 18.6 Å². The van der Waals surface area contributed by atoms with Crippen molar-refractivity contribution in [3.63, 3.8) is 0 Å². The molecule has 3 rings (SSSR count). The highest BCUT2D eigenvalue weighted by molar-refractivity contribution is 6.30. The number of carbonyl (C=O) groups excluding carboxylic acids is 1. The van der Waals surface area contributed by atoms with Crippen LogP contribution in [0.2, 0.25) is 5.02 Å². The van der Waals surface area contributed by atoms with Crippen LogP contribution in [0.3, 0.4) is 0 Å². The summed E-state index contributed by atoms with van der Waals surface area (Å²) in [6.07, 6.45) is 0.879. The maximum Gasteiger partial charge on any atom is 0.322 e. The lowest BCUT2D eigenvalue weighted by Crippen LogP contribution is -2.45. The van der Waals surface area contributed by atoms with Crippen LogP contribution in [0.1, 0.15) is 37.4 Å². The Bertz CT molecular complexity index is 829. The molecule has 0 saturated carbocycles. The van der Waals surface area contributed by atoms with E-state index in [4.69, 9.17) is 11.6 Å². The van der Waals surface area contributed by atoms with Crippen molar-refractivity contribution >= 4 is 23.3 Å². The summed E-state index contributed by atoms with van der Waals surface area (Å²) in [5.74, 6) is 0. The topological polar surface area (TPSA) is 35.6 Å². The predicted molar refractivity (Wildman–Crippen MR) is 116 cm³/mol. The number of carbonyl (C=O) groups is 1. The van der Waals surface area contributed by atoms with E-state index in [-0.39, 0.29) is 12.1 Å². The first-order chi connectivity index (χ1) is 13.5. The normalized spacial score (nSPS) is 17.2. The fourth-order valence-electron chi connectivity index (χ4n) is 3.78. The first kappa shape index (κ1) is 20.4. The van der Waals surface area contributed by atoms with E-state index in [1.807, 2.05) is 49.5 Å². The van der Waals surface area contributed by atoms with Crippen molar-refractivity contribution < 1.29 is 4.79 Å². The maximum absolute atomic E-state index is 12.8. The standard InChI is InChI=1S/C23H28ClN3O/c1-4-27(5-2)16-15-20-21(17-9-7-6-8-10-17)25-23(28)26(3)22(20)18-11-13-19(24)14-12-18/h6-14,22H,4-5,15-16H2,1-3H3,(H,25,28). The minimum Gasteiger partial charge on any atom is -0.317 e. The molecule has 1 atom stereocenters. The molecular formula is C23H28ClN3O. The lowest BCUT2D eigenvalue weighted by Gasteiger charge is -2.38. The van der Waals surface area contributed by atoms with Crippen LogP contribution in [0, 0.1) is 0 Å². The number of benzene rings is 2. The molecule has 1 heterocycles. The zero-order chi connectivity index (χ0) is 20.1. The molecule has 1 aliphatic rings. The minimum absolute atomic E-state index is 0.0922. The van der Waals surface area contributed by atoms with E-state index in [0.29, 0.717) is 5.02 Å². The molecular weight excluding hydrogens is 370 g/mol. The Balaban J connectivity index is 2.09. The summed E-state index contributed by atoms with van der Waals surface area (Å²) >= 11 is 6.11. The van der Waals surface area contributed by atoms with Gasteiger partial charge >= 0.3 is 6.03 Å². The Labute approximate surface area is 172 Å². The van der Waals surface area contributed by atoms with Gasteiger partial charge in [-0.05, 0) is 48.3 Å². The highest BCUT2D eigenvalue weighted by atomic mass is 35.5. The molecule has 4 nitrogen and oxygen atoms in total. The second-order valence-corrected chi connectivity index (χ2v) is 7.47. The van der Waals surface area contributed by atoms with Gasteiger partial charge in [-0.3, -0.25) is 0 Å². The number of amides is 2. The van der Waals surface area contributed by atoms with Gasteiger partial charge in [-0.2, -0.15) is 0 Å². The minimum atomic E-state index is -0.114. The molecule has 148 valence electrons. The molecule has 28 heavy (non-hydrogen) atoms. The molecule has 0 saturated heterocycles. The van der Waals surface area contributed by atoms with E-state index < -0.39 is 0 Å². The van der Waals surface area contributed by atoms with Gasteiger partial charge in [-0.25, -0.2) is 4.79 Å². The van der Waals surface area contributed by atoms with Crippen LogP contribution < -0.4 is 5.32 Å². The number of rotatable bonds is 7. The Hall–Kier alpha value is -2.30. The Morgan fingerprint density at radius 3 is 2.29 bits per heavy atom. The molecule has 1 N–H and O–H groups in total. The zero-order valence-corrected chi connectivity index (χ0v) is 17.5. The Morgan fingerprint density at radius 2 is 1.68 bits per heavy atom. The number of likely N-dealkylation sites (N-methyl/N-ethyl adjacent to an activating group) is 1. The lowest BCUT2D eigenvalue weighted by molar-refractivity contribution is 0.195. The molecule has 1 unspecified atom stereocenters. The van der Waals surface area contributed by atoms with E-state index in [1.54, 1.807) is 4.90 Å². The summed E-state index contributed by atoms with van der Waals surface area (Å²) in [6, 6.07) is 17.7. The summed E-state index contributed by atoms with van der Waals surface area (Å²) in [5, 5.41) is 3.82. The van der Waals surface area contributed by atoms with Crippen LogP contribution in [0.15, 0.2) is 60.2 Å². The summed E-state index contributed by atoms with van der Waals surface area (Å²) in [5.41, 5.74) is 4.26. The number of halogens is 1. The molecule has 5 heteroatoms. The van der Waals surface area contributed by atoms with Crippen molar-refractivity contribution in [1.82, 2.24) is 15.1 Å². The highest BCUT2D eigenvalue weighted by Gasteiger charge is 2.33. The second kappa shape index (κ2) is 9.26. The van der Waals surface area contributed by atoms with E-state index in [1.165, 1.54) is 5.57 Å². The van der Waals surface area contributed by atoms with E-state index in [0.717, 1.165) is 42.9 Å². The van der Waals surface area contributed by atoms with Gasteiger partial charge in [0.15, 0.2) is 0 Å². The number of urea groups is 1. The van der Waals surface area contributed by atoms with Crippen LogP contribution in [0.5, 0.6) is 0 Å². The number of hydrogen-bond acceptors (Lipinski definition) is 2. The van der Waals surface area contributed by atoms with Crippen molar-refractivity contribution in [3.05, 3.63) is 76.3 Å². The van der Waals surface area contributed by atoms with E-state index in [2.05, 4.69) is 36.2 Å². The first-order valence-corrected chi connectivity index (χ1v) is 10.2. The van der Waals surface area contributed by atoms with Crippen LogP contribution in [-0.4, -0.2) is 42.5 Å². The van der Waals surface area contributed by atoms with Crippen molar-refractivity contribution in [2.45, 2.75) is 26.3 Å². The van der Waals surface area contributed by atoms with Crippen molar-refractivity contribution in [2.75, 3.05) is 26.7 Å². The monoisotopic (exact) mass is 397 g/mol. The summed E-state index contributed by atoms with van der Waals surface area (Å²) in [6.45, 7) is 7.34.